The van der Waals surface area contributed by atoms with Crippen molar-refractivity contribution in [3.63, 3.8) is 0 Å². The van der Waals surface area contributed by atoms with E-state index in [0.717, 1.165) is 99.4 Å². The first-order chi connectivity index (χ1) is 35.4. The van der Waals surface area contributed by atoms with E-state index >= 15 is 4.79 Å². The van der Waals surface area contributed by atoms with E-state index in [1.54, 1.807) is 20.3 Å². The Morgan fingerprint density at radius 2 is 1.52 bits per heavy atom. The highest BCUT2D eigenvalue weighted by Gasteiger charge is 2.64. The average molecular weight is 982 g/mol. The lowest BCUT2D eigenvalue weighted by Crippen LogP contribution is -2.59. The van der Waals surface area contributed by atoms with Crippen LogP contribution >= 0.6 is 0 Å². The van der Waals surface area contributed by atoms with Crippen LogP contribution in [-0.4, -0.2) is 60.7 Å². The van der Waals surface area contributed by atoms with Gasteiger partial charge in [0.05, 0.1) is 19.6 Å². The number of carbonyl (C=O) groups excluding carboxylic acids is 2. The molecule has 5 aliphatic carbocycles. The van der Waals surface area contributed by atoms with Crippen LogP contribution in [0.4, 0.5) is 0 Å². The van der Waals surface area contributed by atoms with Gasteiger partial charge in [-0.3, -0.25) is 9.59 Å². The zero-order valence-electron chi connectivity index (χ0n) is 42.4. The van der Waals surface area contributed by atoms with Gasteiger partial charge in [0, 0.05) is 31.2 Å². The van der Waals surface area contributed by atoms with Gasteiger partial charge in [-0.2, -0.15) is 0 Å². The quantitative estimate of drug-likeness (QED) is 0.0926. The number of phenolic OH excluding ortho intramolecular Hbond substituents is 3. The van der Waals surface area contributed by atoms with Crippen molar-refractivity contribution in [3.05, 3.63) is 154 Å². The summed E-state index contributed by atoms with van der Waals surface area (Å²) in [5.41, 5.74) is 7.70. The number of fused-ring (bicyclic) bond motifs is 5. The number of benzene rings is 6. The molecule has 8 atom stereocenters. The van der Waals surface area contributed by atoms with E-state index in [9.17, 15) is 20.1 Å². The first-order valence-corrected chi connectivity index (χ1v) is 26.4. The number of phenols is 3. The normalized spacial score (nSPS) is 25.8. The van der Waals surface area contributed by atoms with Crippen LogP contribution in [0.5, 0.6) is 28.7 Å². The molecule has 3 saturated carbocycles. The maximum absolute atomic E-state index is 15.8. The van der Waals surface area contributed by atoms with E-state index in [2.05, 4.69) is 59.9 Å². The minimum absolute atomic E-state index is 0.0273. The highest BCUT2D eigenvalue weighted by molar-refractivity contribution is 5.99. The van der Waals surface area contributed by atoms with Gasteiger partial charge >= 0.3 is 11.9 Å². The Hall–Kier alpha value is -6.78. The Kier molecular flexibility index (Phi) is 13.0. The number of methoxy groups -OCH3 is 2. The van der Waals surface area contributed by atoms with E-state index in [1.165, 1.54) is 6.92 Å². The zero-order valence-corrected chi connectivity index (χ0v) is 42.4. The SMILES string of the molecule is CNCc1cccc(-c2cc(O)cc3ccc(C4(C(=O)O[C@H]5C[C@@H]6c7cc(OC)c(O)cc7C[C@H]7CC[C@H]8c9cc(O)c(OC)cc9C[C@H]([C@H](OC(C)=O)C5)[C@]8(/C=C\c5ccccc5)[C@H]76)CCCCC4)cc23)c1. The molecular formula is C63H67NO9. The fourth-order valence-corrected chi connectivity index (χ4v) is 14.9. The third-order valence-corrected chi connectivity index (χ3v) is 17.8. The molecule has 11 rings (SSSR count). The summed E-state index contributed by atoms with van der Waals surface area (Å²) < 4.78 is 25.4. The maximum atomic E-state index is 15.8. The smallest absolute Gasteiger partial charge is 0.316 e. The first kappa shape index (κ1) is 48.5. The second kappa shape index (κ2) is 19.6. The molecule has 73 heavy (non-hydrogen) atoms. The molecule has 0 radical (unpaired) electrons. The van der Waals surface area contributed by atoms with Crippen LogP contribution in [0.3, 0.4) is 0 Å². The van der Waals surface area contributed by atoms with Gasteiger partial charge in [-0.25, -0.2) is 0 Å². The molecule has 0 unspecified atom stereocenters. The van der Waals surface area contributed by atoms with Crippen LogP contribution in [0, 0.1) is 23.2 Å². The van der Waals surface area contributed by atoms with Crippen LogP contribution < -0.4 is 14.8 Å². The van der Waals surface area contributed by atoms with Crippen molar-refractivity contribution in [3.8, 4) is 39.9 Å². The summed E-state index contributed by atoms with van der Waals surface area (Å²) in [6.07, 6.45) is 11.1. The molecule has 0 spiro atoms. The van der Waals surface area contributed by atoms with Crippen LogP contribution in [0.1, 0.15) is 115 Å². The van der Waals surface area contributed by atoms with Crippen LogP contribution in [0.2, 0.25) is 0 Å². The molecule has 0 saturated heterocycles. The van der Waals surface area contributed by atoms with Gasteiger partial charge in [0.2, 0.25) is 0 Å². The van der Waals surface area contributed by atoms with Gasteiger partial charge in [-0.1, -0.05) is 92.1 Å². The number of hydrogen-bond donors (Lipinski definition) is 4. The van der Waals surface area contributed by atoms with Gasteiger partial charge < -0.3 is 39.6 Å². The Bertz CT molecular complexity index is 3100. The fraction of sp³-hybridized carbons (Fsp3) is 0.397. The number of rotatable bonds is 11. The van der Waals surface area contributed by atoms with E-state index in [-0.39, 0.29) is 65.2 Å². The molecule has 0 aliphatic heterocycles. The number of allylic oxidation sites excluding steroid dienone is 1. The molecule has 0 heterocycles. The van der Waals surface area contributed by atoms with E-state index in [1.807, 2.05) is 67.7 Å². The van der Waals surface area contributed by atoms with Crippen molar-refractivity contribution < 1.29 is 43.9 Å². The summed E-state index contributed by atoms with van der Waals surface area (Å²) in [4.78, 5) is 29.5. The predicted molar refractivity (Wildman–Crippen MR) is 283 cm³/mol. The number of aromatic hydroxyl groups is 3. The molecule has 3 fully saturated rings. The number of hydrogen-bond acceptors (Lipinski definition) is 10. The number of ether oxygens (including phenoxy) is 4. The highest BCUT2D eigenvalue weighted by atomic mass is 16.6. The number of nitrogens with one attached hydrogen (secondary N) is 1. The minimum atomic E-state index is -0.947. The number of carbonyl (C=O) groups is 2. The summed E-state index contributed by atoms with van der Waals surface area (Å²) in [6, 6.07) is 36.3. The summed E-state index contributed by atoms with van der Waals surface area (Å²) in [7, 11) is 5.08. The highest BCUT2D eigenvalue weighted by Crippen LogP contribution is 2.70. The van der Waals surface area contributed by atoms with Crippen molar-refractivity contribution in [2.75, 3.05) is 21.3 Å². The fourth-order valence-electron chi connectivity index (χ4n) is 14.9. The minimum Gasteiger partial charge on any atom is -0.508 e. The zero-order chi connectivity index (χ0) is 50.6. The average Bonchev–Trinajstić information content (AvgIpc) is 3.39. The summed E-state index contributed by atoms with van der Waals surface area (Å²) in [6.45, 7) is 2.18. The Balaban J connectivity index is 1.07. The molecule has 0 aromatic heterocycles. The Morgan fingerprint density at radius 1 is 0.753 bits per heavy atom. The topological polar surface area (TPSA) is 144 Å². The van der Waals surface area contributed by atoms with E-state index in [4.69, 9.17) is 18.9 Å². The van der Waals surface area contributed by atoms with Gasteiger partial charge in [-0.15, -0.1) is 0 Å². The van der Waals surface area contributed by atoms with Crippen LogP contribution in [-0.2, 0) is 43.9 Å². The first-order valence-electron chi connectivity index (χ1n) is 26.4. The molecule has 4 N–H and O–H groups in total. The monoisotopic (exact) mass is 981 g/mol. The molecule has 6 aromatic rings. The summed E-state index contributed by atoms with van der Waals surface area (Å²) in [5.74, 6) is 0.177. The molecule has 10 heteroatoms. The van der Waals surface area contributed by atoms with E-state index < -0.39 is 23.0 Å². The second-order valence-electron chi connectivity index (χ2n) is 21.7. The standard InChI is InChI=1S/C63H67NO9/c1-37(65)72-57-33-47(73-61(69)62(21-9-6-10-22-62)45-18-16-41-26-46(66)31-49(48(41)30-45)40-15-11-14-39(24-40)36-64-2)32-52-50-35-59(71-4)55(67)28-43(50)25-42-17-19-53-51-34-56(68)58(70-3)29-44(51)27-54(57)63(53,60(42)52)23-20-38-12-7-5-8-13-38/h5,7-8,11-16,18,20,23-24,26,28-31,34-35,42,47,52-54,57,60,64,66-68H,6,9-10,17,19,21-22,25,27,32-33,36H2,1-4H3/b23-20-/t42-,47+,52-,53+,54-,57-,60-,63-/m1/s1. The van der Waals surface area contributed by atoms with Crippen molar-refractivity contribution in [1.29, 1.82) is 0 Å². The lowest BCUT2D eigenvalue weighted by molar-refractivity contribution is -0.173. The largest absolute Gasteiger partial charge is 0.508 e. The van der Waals surface area contributed by atoms with Gasteiger partial charge in [-0.05, 0) is 185 Å². The maximum Gasteiger partial charge on any atom is 0.316 e. The summed E-state index contributed by atoms with van der Waals surface area (Å²) in [5, 5.41) is 38.9. The lowest BCUT2D eigenvalue weighted by Gasteiger charge is -2.64. The Morgan fingerprint density at radius 3 is 2.29 bits per heavy atom. The molecule has 0 amide bonds. The van der Waals surface area contributed by atoms with Gasteiger partial charge in [0.25, 0.3) is 0 Å². The van der Waals surface area contributed by atoms with Crippen molar-refractivity contribution in [2.24, 2.45) is 23.2 Å². The van der Waals surface area contributed by atoms with Crippen molar-refractivity contribution >= 4 is 28.8 Å². The third kappa shape index (κ3) is 8.59. The van der Waals surface area contributed by atoms with Gasteiger partial charge in [0.15, 0.2) is 23.0 Å². The lowest BCUT2D eigenvalue weighted by atomic mass is 9.40. The van der Waals surface area contributed by atoms with Crippen molar-refractivity contribution in [2.45, 2.75) is 114 Å². The summed E-state index contributed by atoms with van der Waals surface area (Å²) >= 11 is 0. The Labute approximate surface area is 428 Å². The van der Waals surface area contributed by atoms with Gasteiger partial charge in [0.1, 0.15) is 18.0 Å². The predicted octanol–water partition coefficient (Wildman–Crippen LogP) is 12.2. The molecule has 0 bridgehead atoms. The van der Waals surface area contributed by atoms with Crippen molar-refractivity contribution in [1.82, 2.24) is 5.32 Å². The third-order valence-electron chi connectivity index (χ3n) is 17.8. The molecule has 378 valence electrons. The molecule has 5 aliphatic rings. The second-order valence-corrected chi connectivity index (χ2v) is 21.7. The van der Waals surface area contributed by atoms with E-state index in [0.29, 0.717) is 43.7 Å². The van der Waals surface area contributed by atoms with Crippen LogP contribution in [0.25, 0.3) is 28.0 Å². The van der Waals surface area contributed by atoms with Crippen LogP contribution in [0.15, 0.2) is 115 Å². The molecule has 10 nitrogen and oxygen atoms in total. The molecular weight excluding hydrogens is 915 g/mol. The molecule has 6 aromatic carbocycles. The number of esters is 2.